The fourth-order valence-electron chi connectivity index (χ4n) is 6.43. The first-order chi connectivity index (χ1) is 17.2. The van der Waals surface area contributed by atoms with Gasteiger partial charge in [0.15, 0.2) is 0 Å². The van der Waals surface area contributed by atoms with E-state index in [4.69, 9.17) is 4.74 Å². The number of anilines is 1. The number of hydrogen-bond acceptors (Lipinski definition) is 4. The molecule has 2 fully saturated rings. The van der Waals surface area contributed by atoms with Crippen LogP contribution in [0.4, 0.5) is 10.5 Å². The van der Waals surface area contributed by atoms with Crippen LogP contribution in [-0.2, 0) is 11.3 Å². The van der Waals surface area contributed by atoms with Crippen molar-refractivity contribution in [1.29, 1.82) is 0 Å². The predicted octanol–water partition coefficient (Wildman–Crippen LogP) is 6.05. The largest absolute Gasteiger partial charge is 0.445 e. The van der Waals surface area contributed by atoms with E-state index in [0.717, 1.165) is 37.5 Å². The molecule has 2 aliphatic carbocycles. The normalized spacial score (nSPS) is 23.2. The minimum absolute atomic E-state index is 0.313. The number of rotatable bonds is 7. The molecule has 5 heteroatoms. The van der Waals surface area contributed by atoms with Crippen LogP contribution in [-0.4, -0.2) is 49.8 Å². The number of piperazine rings is 1. The van der Waals surface area contributed by atoms with Crippen molar-refractivity contribution in [3.63, 3.8) is 0 Å². The second-order valence-corrected chi connectivity index (χ2v) is 10.7. The van der Waals surface area contributed by atoms with Crippen molar-refractivity contribution in [2.24, 2.45) is 0 Å². The lowest BCUT2D eigenvalue weighted by atomic mass is 9.93. The molecule has 2 aromatic rings. The molecule has 0 bridgehead atoms. The van der Waals surface area contributed by atoms with Crippen molar-refractivity contribution in [2.75, 3.05) is 37.6 Å². The van der Waals surface area contributed by atoms with Gasteiger partial charge < -0.3 is 15.0 Å². The highest BCUT2D eigenvalue weighted by molar-refractivity contribution is 5.67. The smallest absolute Gasteiger partial charge is 0.407 e. The Hall–Kier alpha value is -2.53. The minimum atomic E-state index is -0.331. The standard InChI is InChI=1S/C30H41N3O2/c1-23-20-25(14-15-31-30(34)35-22-24-8-4-2-5-9-24)28-13-12-27(21-29(23)28)33-18-16-32(17-19-33)26-10-6-3-7-11-26/h2,4-5,8-9,12-13,21,23,25-26H,3,6-7,10-11,14-20,22H2,1H3,(H,31,34)/t23-,25-/m1/s1. The van der Waals surface area contributed by atoms with Crippen LogP contribution >= 0.6 is 0 Å². The maximum absolute atomic E-state index is 12.1. The fraction of sp³-hybridized carbons (Fsp3) is 0.567. The Kier molecular flexibility index (Phi) is 7.92. The molecule has 1 N–H and O–H groups in total. The van der Waals surface area contributed by atoms with Crippen LogP contribution in [0.2, 0.25) is 0 Å². The number of alkyl carbamates (subject to hydrolysis) is 1. The molecule has 1 saturated carbocycles. The van der Waals surface area contributed by atoms with E-state index in [1.807, 2.05) is 30.3 Å². The first-order valence-corrected chi connectivity index (χ1v) is 13.7. The van der Waals surface area contributed by atoms with Crippen molar-refractivity contribution >= 4 is 11.8 Å². The molecule has 0 spiro atoms. The topological polar surface area (TPSA) is 44.8 Å². The van der Waals surface area contributed by atoms with Gasteiger partial charge >= 0.3 is 6.09 Å². The molecule has 2 aromatic carbocycles. The number of fused-ring (bicyclic) bond motifs is 1. The highest BCUT2D eigenvalue weighted by Gasteiger charge is 2.30. The first kappa shape index (κ1) is 24.2. The Bertz CT molecular complexity index is 965. The van der Waals surface area contributed by atoms with Gasteiger partial charge in [0.05, 0.1) is 0 Å². The van der Waals surface area contributed by atoms with Crippen LogP contribution in [0.15, 0.2) is 48.5 Å². The number of ether oxygens (including phenoxy) is 1. The molecular formula is C30H41N3O2. The maximum Gasteiger partial charge on any atom is 0.407 e. The summed E-state index contributed by atoms with van der Waals surface area (Å²) in [5.74, 6) is 1.08. The van der Waals surface area contributed by atoms with Gasteiger partial charge in [0.1, 0.15) is 6.61 Å². The summed E-state index contributed by atoms with van der Waals surface area (Å²) in [4.78, 5) is 17.4. The lowest BCUT2D eigenvalue weighted by Crippen LogP contribution is -2.50. The van der Waals surface area contributed by atoms with E-state index in [9.17, 15) is 4.79 Å². The summed E-state index contributed by atoms with van der Waals surface area (Å²) in [7, 11) is 0. The van der Waals surface area contributed by atoms with E-state index >= 15 is 0 Å². The summed E-state index contributed by atoms with van der Waals surface area (Å²) in [6.45, 7) is 8.00. The molecule has 1 heterocycles. The van der Waals surface area contributed by atoms with Gasteiger partial charge in [-0.1, -0.05) is 62.6 Å². The fourth-order valence-corrected chi connectivity index (χ4v) is 6.43. The third kappa shape index (κ3) is 6.00. The average molecular weight is 476 g/mol. The van der Waals surface area contributed by atoms with Crippen molar-refractivity contribution in [1.82, 2.24) is 10.2 Å². The van der Waals surface area contributed by atoms with E-state index in [1.54, 1.807) is 0 Å². The molecule has 5 rings (SSSR count). The zero-order valence-corrected chi connectivity index (χ0v) is 21.3. The monoisotopic (exact) mass is 475 g/mol. The predicted molar refractivity (Wildman–Crippen MR) is 142 cm³/mol. The molecule has 188 valence electrons. The lowest BCUT2D eigenvalue weighted by Gasteiger charge is -2.41. The second-order valence-electron chi connectivity index (χ2n) is 10.7. The lowest BCUT2D eigenvalue weighted by molar-refractivity contribution is 0.139. The highest BCUT2D eigenvalue weighted by Crippen LogP contribution is 2.44. The van der Waals surface area contributed by atoms with Gasteiger partial charge in [0.2, 0.25) is 0 Å². The molecule has 0 radical (unpaired) electrons. The van der Waals surface area contributed by atoms with E-state index in [1.165, 1.54) is 62.0 Å². The number of amides is 1. The number of benzene rings is 2. The third-order valence-electron chi connectivity index (χ3n) is 8.42. The SMILES string of the molecule is C[C@@H]1C[C@@H](CCNC(=O)OCc2ccccc2)c2ccc(N3CCN(C4CCCCC4)CC3)cc21. The number of carbonyl (C=O) groups excluding carboxylic acids is 1. The first-order valence-electron chi connectivity index (χ1n) is 13.7. The molecule has 1 amide bonds. The van der Waals surface area contributed by atoms with E-state index in [2.05, 4.69) is 40.2 Å². The van der Waals surface area contributed by atoms with E-state index < -0.39 is 0 Å². The van der Waals surface area contributed by atoms with E-state index in [0.29, 0.717) is 25.0 Å². The molecule has 5 nitrogen and oxygen atoms in total. The highest BCUT2D eigenvalue weighted by atomic mass is 16.5. The minimum Gasteiger partial charge on any atom is -0.445 e. The van der Waals surface area contributed by atoms with E-state index in [-0.39, 0.29) is 6.09 Å². The van der Waals surface area contributed by atoms with Crippen LogP contribution in [0.25, 0.3) is 0 Å². The summed E-state index contributed by atoms with van der Waals surface area (Å²) < 4.78 is 5.35. The summed E-state index contributed by atoms with van der Waals surface area (Å²) in [6.07, 6.45) is 8.85. The van der Waals surface area contributed by atoms with Gasteiger partial charge in [0.25, 0.3) is 0 Å². The van der Waals surface area contributed by atoms with Gasteiger partial charge in [-0.25, -0.2) is 4.79 Å². The Balaban J connectivity index is 1.10. The van der Waals surface area contributed by atoms with Crippen LogP contribution in [0, 0.1) is 0 Å². The zero-order valence-electron chi connectivity index (χ0n) is 21.3. The molecule has 35 heavy (non-hydrogen) atoms. The van der Waals surface area contributed by atoms with Gasteiger partial charge in [-0.05, 0) is 66.3 Å². The van der Waals surface area contributed by atoms with Crippen molar-refractivity contribution in [3.05, 3.63) is 65.2 Å². The summed E-state index contributed by atoms with van der Waals surface area (Å²) in [6, 6.07) is 17.8. The van der Waals surface area contributed by atoms with Crippen molar-refractivity contribution in [3.8, 4) is 0 Å². The Morgan fingerprint density at radius 3 is 2.51 bits per heavy atom. The molecule has 3 aliphatic rings. The van der Waals surface area contributed by atoms with Gasteiger partial charge in [-0.15, -0.1) is 0 Å². The van der Waals surface area contributed by atoms with Crippen LogP contribution in [0.3, 0.4) is 0 Å². The Morgan fingerprint density at radius 1 is 0.971 bits per heavy atom. The zero-order chi connectivity index (χ0) is 24.0. The number of carbonyl (C=O) groups is 1. The Labute approximate surface area is 210 Å². The number of nitrogens with zero attached hydrogens (tertiary/aromatic N) is 2. The quantitative estimate of drug-likeness (QED) is 0.530. The molecule has 0 aromatic heterocycles. The number of nitrogens with one attached hydrogen (secondary N) is 1. The summed E-state index contributed by atoms with van der Waals surface area (Å²) in [5, 5.41) is 2.95. The van der Waals surface area contributed by atoms with Crippen molar-refractivity contribution < 1.29 is 9.53 Å². The third-order valence-corrected chi connectivity index (χ3v) is 8.42. The summed E-state index contributed by atoms with van der Waals surface area (Å²) in [5.41, 5.74) is 5.38. The van der Waals surface area contributed by atoms with Crippen molar-refractivity contribution in [2.45, 2.75) is 76.4 Å². The molecular weight excluding hydrogens is 434 g/mol. The molecule has 0 unspecified atom stereocenters. The molecule has 1 aliphatic heterocycles. The van der Waals surface area contributed by atoms with Crippen LogP contribution < -0.4 is 10.2 Å². The van der Waals surface area contributed by atoms with Gasteiger partial charge in [-0.3, -0.25) is 4.90 Å². The van der Waals surface area contributed by atoms with Gasteiger partial charge in [-0.2, -0.15) is 0 Å². The number of hydrogen-bond donors (Lipinski definition) is 1. The molecule has 1 saturated heterocycles. The summed E-state index contributed by atoms with van der Waals surface area (Å²) >= 11 is 0. The Morgan fingerprint density at radius 2 is 1.74 bits per heavy atom. The average Bonchev–Trinajstić information content (AvgIpc) is 3.23. The van der Waals surface area contributed by atoms with Gasteiger partial charge in [0, 0.05) is 44.5 Å². The maximum atomic E-state index is 12.1. The molecule has 2 atom stereocenters. The second kappa shape index (κ2) is 11.5. The van der Waals surface area contributed by atoms with Crippen LogP contribution in [0.1, 0.15) is 80.4 Å². The van der Waals surface area contributed by atoms with Crippen LogP contribution in [0.5, 0.6) is 0 Å².